The number of benzene rings is 4. The van der Waals surface area contributed by atoms with E-state index in [0.29, 0.717) is 0 Å². The SMILES string of the molecule is c1ccc2sc(-c3ccc(Nc4ccc(-c5nc6ccccc6s5)cc4)cc3)nc2c1. The lowest BCUT2D eigenvalue weighted by molar-refractivity contribution is 1.46. The average molecular weight is 436 g/mol. The minimum Gasteiger partial charge on any atom is -0.356 e. The maximum absolute atomic E-state index is 4.74. The second kappa shape index (κ2) is 7.61. The van der Waals surface area contributed by atoms with Crippen molar-refractivity contribution in [2.45, 2.75) is 0 Å². The van der Waals surface area contributed by atoms with Gasteiger partial charge in [-0.15, -0.1) is 22.7 Å². The van der Waals surface area contributed by atoms with Crippen LogP contribution in [0.25, 0.3) is 41.6 Å². The molecule has 1 N–H and O–H groups in total. The van der Waals surface area contributed by atoms with E-state index in [-0.39, 0.29) is 0 Å². The van der Waals surface area contributed by atoms with Crippen molar-refractivity contribution in [2.75, 3.05) is 5.32 Å². The number of nitrogens with one attached hydrogen (secondary N) is 1. The quantitative estimate of drug-likeness (QED) is 0.305. The van der Waals surface area contributed by atoms with Crippen molar-refractivity contribution in [1.82, 2.24) is 9.97 Å². The molecule has 0 spiro atoms. The van der Waals surface area contributed by atoms with Crippen molar-refractivity contribution in [3.63, 3.8) is 0 Å². The van der Waals surface area contributed by atoms with Crippen LogP contribution in [0.3, 0.4) is 0 Å². The molecule has 0 unspecified atom stereocenters. The highest BCUT2D eigenvalue weighted by molar-refractivity contribution is 7.22. The normalized spacial score (nSPS) is 11.2. The molecule has 0 aliphatic carbocycles. The van der Waals surface area contributed by atoms with Crippen molar-refractivity contribution < 1.29 is 0 Å². The standard InChI is InChI=1S/C26H17N3S2/c1-3-7-23-21(5-1)28-25(30-23)17-9-13-19(14-10-17)27-20-15-11-18(12-16-20)26-29-22-6-2-4-8-24(22)31-26/h1-16,27H. The maximum atomic E-state index is 4.74. The Kier molecular flexibility index (Phi) is 4.48. The van der Waals surface area contributed by atoms with E-state index >= 15 is 0 Å². The number of aromatic nitrogens is 2. The molecule has 0 bridgehead atoms. The summed E-state index contributed by atoms with van der Waals surface area (Å²) in [5, 5.41) is 5.58. The Labute approximate surface area is 187 Å². The van der Waals surface area contributed by atoms with Crippen molar-refractivity contribution in [3.05, 3.63) is 97.1 Å². The summed E-state index contributed by atoms with van der Waals surface area (Å²) in [4.78, 5) is 9.49. The highest BCUT2D eigenvalue weighted by Crippen LogP contribution is 2.32. The first-order valence-electron chi connectivity index (χ1n) is 10.0. The van der Waals surface area contributed by atoms with Gasteiger partial charge >= 0.3 is 0 Å². The first-order chi connectivity index (χ1) is 15.3. The predicted molar refractivity (Wildman–Crippen MR) is 133 cm³/mol. The molecule has 0 atom stereocenters. The van der Waals surface area contributed by atoms with Crippen molar-refractivity contribution in [1.29, 1.82) is 0 Å². The largest absolute Gasteiger partial charge is 0.356 e. The van der Waals surface area contributed by atoms with Gasteiger partial charge in [0.2, 0.25) is 0 Å². The van der Waals surface area contributed by atoms with Crippen LogP contribution >= 0.6 is 22.7 Å². The van der Waals surface area contributed by atoms with Gasteiger partial charge < -0.3 is 5.32 Å². The molecule has 2 heterocycles. The van der Waals surface area contributed by atoms with Crippen LogP contribution in [-0.2, 0) is 0 Å². The minimum atomic E-state index is 1.05. The fourth-order valence-corrected chi connectivity index (χ4v) is 5.49. The molecule has 2 aromatic heterocycles. The number of thiazole rings is 2. The lowest BCUT2D eigenvalue weighted by Gasteiger charge is -2.07. The van der Waals surface area contributed by atoms with Gasteiger partial charge in [0.25, 0.3) is 0 Å². The van der Waals surface area contributed by atoms with Crippen LogP contribution in [-0.4, -0.2) is 9.97 Å². The molecule has 0 saturated carbocycles. The van der Waals surface area contributed by atoms with E-state index in [1.807, 2.05) is 12.1 Å². The molecule has 0 radical (unpaired) electrons. The number of rotatable bonds is 4. The number of anilines is 2. The van der Waals surface area contributed by atoms with E-state index < -0.39 is 0 Å². The van der Waals surface area contributed by atoms with Crippen LogP contribution in [0.4, 0.5) is 11.4 Å². The summed E-state index contributed by atoms with van der Waals surface area (Å²) in [6.07, 6.45) is 0. The van der Waals surface area contributed by atoms with Crippen molar-refractivity contribution >= 4 is 54.5 Å². The Balaban J connectivity index is 1.20. The Bertz CT molecular complexity index is 1310. The third-order valence-electron chi connectivity index (χ3n) is 5.14. The predicted octanol–water partition coefficient (Wildman–Crippen LogP) is 7.98. The molecule has 0 saturated heterocycles. The monoisotopic (exact) mass is 435 g/mol. The molecular weight excluding hydrogens is 418 g/mol. The number of para-hydroxylation sites is 2. The van der Waals surface area contributed by atoms with Gasteiger partial charge in [-0.25, -0.2) is 9.97 Å². The molecule has 0 amide bonds. The summed E-state index contributed by atoms with van der Waals surface area (Å²) < 4.78 is 2.43. The Hall–Kier alpha value is -3.54. The van der Waals surface area contributed by atoms with Crippen molar-refractivity contribution in [2.24, 2.45) is 0 Å². The highest BCUT2D eigenvalue weighted by atomic mass is 32.1. The maximum Gasteiger partial charge on any atom is 0.124 e. The molecule has 3 nitrogen and oxygen atoms in total. The zero-order valence-electron chi connectivity index (χ0n) is 16.4. The third-order valence-corrected chi connectivity index (χ3v) is 7.31. The van der Waals surface area contributed by atoms with Gasteiger partial charge in [0.15, 0.2) is 0 Å². The van der Waals surface area contributed by atoms with E-state index in [4.69, 9.17) is 9.97 Å². The summed E-state index contributed by atoms with van der Waals surface area (Å²) in [5.41, 5.74) is 6.49. The molecule has 4 aromatic carbocycles. The van der Waals surface area contributed by atoms with Crippen LogP contribution in [0, 0.1) is 0 Å². The number of hydrogen-bond donors (Lipinski definition) is 1. The van der Waals surface area contributed by atoms with Gasteiger partial charge in [-0.1, -0.05) is 24.3 Å². The number of fused-ring (bicyclic) bond motifs is 2. The molecule has 148 valence electrons. The second-order valence-corrected chi connectivity index (χ2v) is 9.31. The summed E-state index contributed by atoms with van der Waals surface area (Å²) in [6, 6.07) is 33.4. The number of hydrogen-bond acceptors (Lipinski definition) is 5. The topological polar surface area (TPSA) is 37.8 Å². The smallest absolute Gasteiger partial charge is 0.124 e. The first-order valence-corrected chi connectivity index (χ1v) is 11.6. The lowest BCUT2D eigenvalue weighted by atomic mass is 10.2. The van der Waals surface area contributed by atoms with E-state index in [2.05, 4.69) is 90.2 Å². The van der Waals surface area contributed by atoms with E-state index in [9.17, 15) is 0 Å². The molecule has 0 aliphatic heterocycles. The lowest BCUT2D eigenvalue weighted by Crippen LogP contribution is -1.90. The van der Waals surface area contributed by atoms with Gasteiger partial charge in [0, 0.05) is 22.5 Å². The van der Waals surface area contributed by atoms with Gasteiger partial charge in [0.05, 0.1) is 20.4 Å². The summed E-state index contributed by atoms with van der Waals surface area (Å²) in [7, 11) is 0. The third kappa shape index (κ3) is 3.58. The summed E-state index contributed by atoms with van der Waals surface area (Å²) >= 11 is 3.45. The molecule has 6 rings (SSSR count). The highest BCUT2D eigenvalue weighted by Gasteiger charge is 2.07. The Morgan fingerprint density at radius 1 is 0.484 bits per heavy atom. The van der Waals surface area contributed by atoms with Crippen LogP contribution in [0.5, 0.6) is 0 Å². The van der Waals surface area contributed by atoms with Crippen LogP contribution in [0.1, 0.15) is 0 Å². The summed E-state index contributed by atoms with van der Waals surface area (Å²) in [6.45, 7) is 0. The van der Waals surface area contributed by atoms with E-state index in [1.54, 1.807) is 22.7 Å². The molecule has 6 aromatic rings. The fourth-order valence-electron chi connectivity index (χ4n) is 3.55. The summed E-state index contributed by atoms with van der Waals surface area (Å²) in [5.74, 6) is 0. The van der Waals surface area contributed by atoms with Crippen LogP contribution < -0.4 is 5.32 Å². The average Bonchev–Trinajstić information content (AvgIpc) is 3.44. The first kappa shape index (κ1) is 18.2. The molecule has 31 heavy (non-hydrogen) atoms. The van der Waals surface area contributed by atoms with Gasteiger partial charge in [0.1, 0.15) is 10.0 Å². The van der Waals surface area contributed by atoms with Gasteiger partial charge in [-0.2, -0.15) is 0 Å². The van der Waals surface area contributed by atoms with Gasteiger partial charge in [-0.3, -0.25) is 0 Å². The van der Waals surface area contributed by atoms with Gasteiger partial charge in [-0.05, 0) is 72.8 Å². The zero-order valence-corrected chi connectivity index (χ0v) is 18.1. The Morgan fingerprint density at radius 2 is 0.903 bits per heavy atom. The molecule has 0 fully saturated rings. The van der Waals surface area contributed by atoms with Crippen LogP contribution in [0.15, 0.2) is 97.1 Å². The molecule has 0 aliphatic rings. The minimum absolute atomic E-state index is 1.05. The second-order valence-electron chi connectivity index (χ2n) is 7.25. The Morgan fingerprint density at radius 3 is 1.32 bits per heavy atom. The number of nitrogens with zero attached hydrogens (tertiary/aromatic N) is 2. The van der Waals surface area contributed by atoms with Crippen molar-refractivity contribution in [3.8, 4) is 21.1 Å². The fraction of sp³-hybridized carbons (Fsp3) is 0. The van der Waals surface area contributed by atoms with E-state index in [1.165, 1.54) is 9.40 Å². The molecular formula is C26H17N3S2. The van der Waals surface area contributed by atoms with E-state index in [0.717, 1.165) is 43.6 Å². The van der Waals surface area contributed by atoms with Crippen LogP contribution in [0.2, 0.25) is 0 Å². The zero-order chi connectivity index (χ0) is 20.6. The molecule has 5 heteroatoms.